The van der Waals surface area contributed by atoms with E-state index in [9.17, 15) is 26.8 Å². The Balaban J connectivity index is 1.79. The standard InChI is InChI=1S/C27H46N4O7S3/c1-27(2,3)41(36,37)17-24-28-23(16-39-24)21(14-19-10-12-20(13-11-19)31-40(34)35)29-25(32)22(30-26(33)38-4)15-18-8-6-5-7-9-18/h16,18-22,31H,5-15,17H2,1-4H3,(H,29,32)(H,30,33)(H,34,35)/t19?,20?,21-,22-/m0/s1. The summed E-state index contributed by atoms with van der Waals surface area (Å²) in [6.45, 7) is 4.99. The van der Waals surface area contributed by atoms with Crippen molar-refractivity contribution in [2.75, 3.05) is 7.11 Å². The van der Waals surface area contributed by atoms with Crippen LogP contribution in [-0.4, -0.2) is 58.1 Å². The largest absolute Gasteiger partial charge is 0.453 e. The SMILES string of the molecule is COC(=O)N[C@@H](CC1CCCCC1)C(=O)N[C@@H](CC1CCC(NS(=O)O)CC1)c1csc(CS(=O)(=O)C(C)(C)C)n1. The quantitative estimate of drug-likeness (QED) is 0.246. The minimum absolute atomic E-state index is 0.0391. The molecule has 234 valence electrons. The molecular formula is C27H46N4O7S3. The van der Waals surface area contributed by atoms with Gasteiger partial charge in [-0.05, 0) is 71.1 Å². The molecule has 0 saturated heterocycles. The Hall–Kier alpha value is -1.61. The van der Waals surface area contributed by atoms with Crippen LogP contribution in [0.2, 0.25) is 0 Å². The Bertz CT molecular complexity index is 1140. The number of aromatic nitrogens is 1. The molecule has 1 aromatic heterocycles. The van der Waals surface area contributed by atoms with E-state index in [1.165, 1.54) is 24.9 Å². The smallest absolute Gasteiger partial charge is 0.407 e. The summed E-state index contributed by atoms with van der Waals surface area (Å²) in [6, 6.07) is -1.27. The number of methoxy groups -OCH3 is 1. The predicted molar refractivity (Wildman–Crippen MR) is 160 cm³/mol. The van der Waals surface area contributed by atoms with Crippen molar-refractivity contribution in [3.63, 3.8) is 0 Å². The molecule has 3 rings (SSSR count). The van der Waals surface area contributed by atoms with E-state index in [0.717, 1.165) is 51.4 Å². The highest BCUT2D eigenvalue weighted by Gasteiger charge is 2.33. The molecule has 0 bridgehead atoms. The number of carbonyl (C=O) groups is 2. The summed E-state index contributed by atoms with van der Waals surface area (Å²) in [5.41, 5.74) is 0.605. The molecule has 11 nitrogen and oxygen atoms in total. The number of amides is 2. The third-order valence-electron chi connectivity index (χ3n) is 8.26. The van der Waals surface area contributed by atoms with Gasteiger partial charge >= 0.3 is 6.09 Å². The summed E-state index contributed by atoms with van der Waals surface area (Å²) in [4.78, 5) is 30.5. The van der Waals surface area contributed by atoms with Crippen LogP contribution < -0.4 is 15.4 Å². The maximum atomic E-state index is 13.7. The zero-order valence-corrected chi connectivity index (χ0v) is 27.0. The Labute approximate surface area is 250 Å². The average Bonchev–Trinajstić information content (AvgIpc) is 3.36. The summed E-state index contributed by atoms with van der Waals surface area (Å²) in [5.74, 6) is 0.0853. The van der Waals surface area contributed by atoms with Gasteiger partial charge in [0.1, 0.15) is 16.8 Å². The molecule has 1 heterocycles. The molecule has 0 radical (unpaired) electrons. The van der Waals surface area contributed by atoms with Crippen LogP contribution in [0.5, 0.6) is 0 Å². The van der Waals surface area contributed by atoms with Crippen LogP contribution in [0.25, 0.3) is 0 Å². The molecule has 2 fully saturated rings. The monoisotopic (exact) mass is 634 g/mol. The Kier molecular flexibility index (Phi) is 12.6. The van der Waals surface area contributed by atoms with E-state index >= 15 is 0 Å². The van der Waals surface area contributed by atoms with Crippen LogP contribution in [0.15, 0.2) is 5.38 Å². The molecule has 3 atom stereocenters. The number of rotatable bonds is 12. The van der Waals surface area contributed by atoms with E-state index in [4.69, 9.17) is 4.74 Å². The van der Waals surface area contributed by atoms with E-state index in [-0.39, 0.29) is 23.6 Å². The van der Waals surface area contributed by atoms with E-state index in [2.05, 4.69) is 20.3 Å². The number of thiazole rings is 1. The number of hydrogen-bond acceptors (Lipinski definition) is 8. The van der Waals surface area contributed by atoms with Gasteiger partial charge in [-0.15, -0.1) is 11.3 Å². The topological polar surface area (TPSA) is 164 Å². The van der Waals surface area contributed by atoms with Gasteiger partial charge in [-0.25, -0.2) is 27.1 Å². The van der Waals surface area contributed by atoms with E-state index in [1.54, 1.807) is 20.8 Å². The molecule has 2 saturated carbocycles. The van der Waals surface area contributed by atoms with Gasteiger partial charge in [-0.1, -0.05) is 32.1 Å². The number of sulfone groups is 1. The molecule has 14 heteroatoms. The predicted octanol–water partition coefficient (Wildman–Crippen LogP) is 4.38. The lowest BCUT2D eigenvalue weighted by Crippen LogP contribution is -2.49. The van der Waals surface area contributed by atoms with Gasteiger partial charge in [0.25, 0.3) is 0 Å². The van der Waals surface area contributed by atoms with Gasteiger partial charge in [-0.3, -0.25) is 9.35 Å². The summed E-state index contributed by atoms with van der Waals surface area (Å²) in [5, 5.41) is 8.13. The third-order valence-corrected chi connectivity index (χ3v) is 12.4. The molecule has 0 aliphatic heterocycles. The zero-order chi connectivity index (χ0) is 30.2. The number of carbonyl (C=O) groups excluding carboxylic acids is 2. The lowest BCUT2D eigenvalue weighted by molar-refractivity contribution is -0.124. The van der Waals surface area contributed by atoms with Crippen LogP contribution in [0.4, 0.5) is 4.79 Å². The first kappa shape index (κ1) is 33.9. The van der Waals surface area contributed by atoms with E-state index < -0.39 is 44.0 Å². The van der Waals surface area contributed by atoms with Gasteiger partial charge in [0.15, 0.2) is 9.84 Å². The molecule has 0 aromatic carbocycles. The number of nitrogens with zero attached hydrogens (tertiary/aromatic N) is 1. The molecule has 2 aliphatic rings. The van der Waals surface area contributed by atoms with Gasteiger partial charge in [-0.2, -0.15) is 0 Å². The minimum atomic E-state index is -3.43. The first-order chi connectivity index (χ1) is 19.3. The van der Waals surface area contributed by atoms with Crippen molar-refractivity contribution >= 4 is 44.4 Å². The summed E-state index contributed by atoms with van der Waals surface area (Å²) in [7, 11) is -2.16. The highest BCUT2D eigenvalue weighted by atomic mass is 32.2. The van der Waals surface area contributed by atoms with Crippen molar-refractivity contribution in [1.29, 1.82) is 0 Å². The van der Waals surface area contributed by atoms with E-state index in [1.807, 2.05) is 5.38 Å². The highest BCUT2D eigenvalue weighted by Crippen LogP contribution is 2.34. The first-order valence-electron chi connectivity index (χ1n) is 14.5. The molecule has 2 aliphatic carbocycles. The molecule has 0 spiro atoms. The summed E-state index contributed by atoms with van der Waals surface area (Å²) < 4.78 is 52.5. The van der Waals surface area contributed by atoms with Gasteiger partial charge < -0.3 is 15.4 Å². The van der Waals surface area contributed by atoms with Crippen molar-refractivity contribution in [3.8, 4) is 0 Å². The van der Waals surface area contributed by atoms with Crippen LogP contribution in [0.3, 0.4) is 0 Å². The molecular weight excluding hydrogens is 589 g/mol. The fourth-order valence-electron chi connectivity index (χ4n) is 5.64. The van der Waals surface area contributed by atoms with Crippen molar-refractivity contribution in [2.24, 2.45) is 11.8 Å². The van der Waals surface area contributed by atoms with Gasteiger partial charge in [0.2, 0.25) is 17.2 Å². The maximum absolute atomic E-state index is 13.7. The Morgan fingerprint density at radius 3 is 2.29 bits per heavy atom. The van der Waals surface area contributed by atoms with Crippen molar-refractivity contribution in [3.05, 3.63) is 16.1 Å². The van der Waals surface area contributed by atoms with Gasteiger partial charge in [0, 0.05) is 11.4 Å². The van der Waals surface area contributed by atoms with Gasteiger partial charge in [0.05, 0.1) is 23.6 Å². The molecule has 2 amide bonds. The second kappa shape index (κ2) is 15.2. The average molecular weight is 635 g/mol. The van der Waals surface area contributed by atoms with Crippen LogP contribution >= 0.6 is 11.3 Å². The van der Waals surface area contributed by atoms with Crippen molar-refractivity contribution < 1.29 is 31.5 Å². The zero-order valence-electron chi connectivity index (χ0n) is 24.5. The third kappa shape index (κ3) is 10.6. The maximum Gasteiger partial charge on any atom is 0.407 e. The fraction of sp³-hybridized carbons (Fsp3) is 0.815. The molecule has 41 heavy (non-hydrogen) atoms. The number of hydrogen-bond donors (Lipinski definition) is 4. The Morgan fingerprint density at radius 2 is 1.71 bits per heavy atom. The fourth-order valence-corrected chi connectivity index (χ4v) is 8.35. The summed E-state index contributed by atoms with van der Waals surface area (Å²) >= 11 is -0.794. The van der Waals surface area contributed by atoms with Crippen LogP contribution in [0, 0.1) is 11.8 Å². The molecule has 4 N–H and O–H groups in total. The minimum Gasteiger partial charge on any atom is -0.453 e. The second-order valence-electron chi connectivity index (χ2n) is 12.3. The Morgan fingerprint density at radius 1 is 1.07 bits per heavy atom. The highest BCUT2D eigenvalue weighted by molar-refractivity contribution is 7.92. The van der Waals surface area contributed by atoms with Crippen molar-refractivity contribution in [2.45, 2.75) is 120 Å². The van der Waals surface area contributed by atoms with Crippen LogP contribution in [0.1, 0.15) is 108 Å². The van der Waals surface area contributed by atoms with Crippen molar-refractivity contribution in [1.82, 2.24) is 20.3 Å². The lowest BCUT2D eigenvalue weighted by atomic mass is 9.82. The number of ether oxygens (including phenoxy) is 1. The normalized spacial score (nSPS) is 22.9. The van der Waals surface area contributed by atoms with Crippen LogP contribution in [-0.2, 0) is 36.4 Å². The number of alkyl carbamates (subject to hydrolysis) is 1. The van der Waals surface area contributed by atoms with E-state index in [0.29, 0.717) is 29.5 Å². The molecule has 1 aromatic rings. The summed E-state index contributed by atoms with van der Waals surface area (Å²) in [6.07, 6.45) is 8.98. The first-order valence-corrected chi connectivity index (χ1v) is 18.1. The second-order valence-corrected chi connectivity index (χ2v) is 16.8. The molecule has 1 unspecified atom stereocenters. The lowest BCUT2D eigenvalue weighted by Gasteiger charge is -2.31. The number of nitrogens with one attached hydrogen (secondary N) is 3.